The van der Waals surface area contributed by atoms with Crippen molar-refractivity contribution in [3.05, 3.63) is 57.2 Å². The van der Waals surface area contributed by atoms with Crippen LogP contribution < -0.4 is 4.74 Å². The highest BCUT2D eigenvalue weighted by Crippen LogP contribution is 2.44. The molecule has 0 aromatic heterocycles. The van der Waals surface area contributed by atoms with E-state index in [0.717, 1.165) is 73.8 Å². The second-order valence-corrected chi connectivity index (χ2v) is 9.89. The van der Waals surface area contributed by atoms with E-state index in [1.54, 1.807) is 0 Å². The number of aliphatic hydroxyl groups is 2. The molecule has 0 aliphatic carbocycles. The van der Waals surface area contributed by atoms with Gasteiger partial charge in [0.2, 0.25) is 0 Å². The van der Waals surface area contributed by atoms with Gasteiger partial charge in [0.05, 0.1) is 18.8 Å². The highest BCUT2D eigenvalue weighted by atomic mass is 16.5. The third kappa shape index (κ3) is 7.31. The van der Waals surface area contributed by atoms with Crippen LogP contribution in [0.25, 0.3) is 0 Å². The Balaban J connectivity index is 1.88. The number of aliphatic hydroxyl groups excluding tert-OH is 2. The van der Waals surface area contributed by atoms with Crippen molar-refractivity contribution in [2.75, 3.05) is 13.2 Å². The zero-order chi connectivity index (χ0) is 25.3. The van der Waals surface area contributed by atoms with Gasteiger partial charge in [-0.25, -0.2) is 0 Å². The summed E-state index contributed by atoms with van der Waals surface area (Å²) < 4.78 is 6.45. The van der Waals surface area contributed by atoms with Crippen molar-refractivity contribution in [1.29, 1.82) is 0 Å². The third-order valence-electron chi connectivity index (χ3n) is 7.03. The number of phenolic OH excluding ortho intramolecular Hbond substituents is 1. The Bertz CT molecular complexity index is 948. The Labute approximate surface area is 204 Å². The maximum absolute atomic E-state index is 11.5. The van der Waals surface area contributed by atoms with Crippen molar-refractivity contribution >= 4 is 6.29 Å². The van der Waals surface area contributed by atoms with Crippen molar-refractivity contribution in [3.8, 4) is 11.5 Å². The first-order chi connectivity index (χ1) is 16.2. The van der Waals surface area contributed by atoms with E-state index in [4.69, 9.17) is 14.9 Å². The molecular weight excluding hydrogens is 428 g/mol. The molecule has 3 N–H and O–H groups in total. The predicted molar refractivity (Wildman–Crippen MR) is 138 cm³/mol. The Morgan fingerprint density at radius 1 is 0.971 bits per heavy atom. The summed E-state index contributed by atoms with van der Waals surface area (Å²) in [4.78, 5) is 11.5. The summed E-state index contributed by atoms with van der Waals surface area (Å²) in [5, 5.41) is 28.5. The lowest BCUT2D eigenvalue weighted by Crippen LogP contribution is -2.37. The van der Waals surface area contributed by atoms with E-state index in [-0.39, 0.29) is 24.6 Å². The van der Waals surface area contributed by atoms with Gasteiger partial charge in [-0.2, -0.15) is 0 Å². The molecule has 0 saturated carbocycles. The molecule has 0 spiro atoms. The van der Waals surface area contributed by atoms with Gasteiger partial charge in [-0.1, -0.05) is 29.4 Å². The van der Waals surface area contributed by atoms with E-state index < -0.39 is 0 Å². The van der Waals surface area contributed by atoms with E-state index in [2.05, 4.69) is 32.9 Å². The third-order valence-corrected chi connectivity index (χ3v) is 7.03. The SMILES string of the molecule is C/C(=C\CC/C(C)=C/CC[C@]1(C)CCc2c(C)c(O)c(C=O)c(C)c2O1)CCC=C(CO)CO. The van der Waals surface area contributed by atoms with Crippen molar-refractivity contribution in [3.63, 3.8) is 0 Å². The Kier molecular flexibility index (Phi) is 10.6. The van der Waals surface area contributed by atoms with E-state index in [9.17, 15) is 9.90 Å². The molecule has 1 aliphatic heterocycles. The average Bonchev–Trinajstić information content (AvgIpc) is 2.81. The Morgan fingerprint density at radius 2 is 1.56 bits per heavy atom. The van der Waals surface area contributed by atoms with Gasteiger partial charge in [0.1, 0.15) is 17.1 Å². The number of fused-ring (bicyclic) bond motifs is 1. The molecule has 0 bridgehead atoms. The highest BCUT2D eigenvalue weighted by Gasteiger charge is 2.34. The number of carbonyl (C=O) groups excluding carboxylic acids is 1. The summed E-state index contributed by atoms with van der Waals surface area (Å²) in [6.45, 7) is 9.98. The molecule has 2 rings (SSSR count). The molecule has 1 heterocycles. The molecule has 1 atom stereocenters. The first kappa shape index (κ1) is 27.9. The Morgan fingerprint density at radius 3 is 2.15 bits per heavy atom. The molecule has 1 aliphatic rings. The lowest BCUT2D eigenvalue weighted by Gasteiger charge is -2.37. The van der Waals surface area contributed by atoms with Crippen LogP contribution in [-0.2, 0) is 6.42 Å². The topological polar surface area (TPSA) is 87.0 Å². The number of aromatic hydroxyl groups is 1. The van der Waals surface area contributed by atoms with Crippen LogP contribution in [0.15, 0.2) is 34.9 Å². The summed E-state index contributed by atoms with van der Waals surface area (Å²) in [6.07, 6.45) is 14.6. The molecule has 34 heavy (non-hydrogen) atoms. The summed E-state index contributed by atoms with van der Waals surface area (Å²) >= 11 is 0. The summed E-state index contributed by atoms with van der Waals surface area (Å²) in [6, 6.07) is 0. The van der Waals surface area contributed by atoms with Crippen molar-refractivity contribution in [2.24, 2.45) is 0 Å². The maximum Gasteiger partial charge on any atom is 0.154 e. The number of rotatable bonds is 12. The average molecular weight is 471 g/mol. The molecule has 188 valence electrons. The van der Waals surface area contributed by atoms with Gasteiger partial charge in [-0.05, 0) is 97.1 Å². The fraction of sp³-hybridized carbons (Fsp3) is 0.552. The van der Waals surface area contributed by atoms with Crippen LogP contribution in [-0.4, -0.2) is 40.4 Å². The number of hydrogen-bond donors (Lipinski definition) is 3. The number of hydrogen-bond acceptors (Lipinski definition) is 5. The van der Waals surface area contributed by atoms with E-state index in [1.807, 2.05) is 19.9 Å². The molecule has 5 heteroatoms. The fourth-order valence-corrected chi connectivity index (χ4v) is 4.55. The van der Waals surface area contributed by atoms with E-state index in [0.29, 0.717) is 17.4 Å². The van der Waals surface area contributed by atoms with Gasteiger partial charge >= 0.3 is 0 Å². The smallest absolute Gasteiger partial charge is 0.154 e. The van der Waals surface area contributed by atoms with Crippen LogP contribution in [0.3, 0.4) is 0 Å². The van der Waals surface area contributed by atoms with Crippen LogP contribution in [0.1, 0.15) is 92.8 Å². The van der Waals surface area contributed by atoms with Gasteiger partial charge in [-0.15, -0.1) is 0 Å². The molecular formula is C29H42O5. The second kappa shape index (κ2) is 12.9. The zero-order valence-electron chi connectivity index (χ0n) is 21.5. The maximum atomic E-state index is 11.5. The fourth-order valence-electron chi connectivity index (χ4n) is 4.55. The lowest BCUT2D eigenvalue weighted by molar-refractivity contribution is 0.0557. The largest absolute Gasteiger partial charge is 0.507 e. The van der Waals surface area contributed by atoms with E-state index in [1.165, 1.54) is 11.1 Å². The monoisotopic (exact) mass is 470 g/mol. The first-order valence-corrected chi connectivity index (χ1v) is 12.4. The predicted octanol–water partition coefficient (Wildman–Crippen LogP) is 6.05. The van der Waals surface area contributed by atoms with Gasteiger partial charge in [0.15, 0.2) is 6.29 Å². The van der Waals surface area contributed by atoms with Gasteiger partial charge in [0.25, 0.3) is 0 Å². The minimum Gasteiger partial charge on any atom is -0.507 e. The molecule has 0 saturated heterocycles. The molecule has 5 nitrogen and oxygen atoms in total. The molecule has 0 unspecified atom stereocenters. The quantitative estimate of drug-likeness (QED) is 0.256. The van der Waals surface area contributed by atoms with Gasteiger partial charge in [0, 0.05) is 11.1 Å². The summed E-state index contributed by atoms with van der Waals surface area (Å²) in [5.74, 6) is 0.852. The van der Waals surface area contributed by atoms with E-state index >= 15 is 0 Å². The molecule has 0 radical (unpaired) electrons. The minimum atomic E-state index is -0.288. The van der Waals surface area contributed by atoms with Crippen LogP contribution >= 0.6 is 0 Å². The Hall–Kier alpha value is -2.37. The van der Waals surface area contributed by atoms with Gasteiger partial charge in [-0.3, -0.25) is 4.79 Å². The summed E-state index contributed by atoms with van der Waals surface area (Å²) in [5.41, 5.74) is 5.92. The van der Waals surface area contributed by atoms with Gasteiger partial charge < -0.3 is 20.1 Å². The molecule has 1 aromatic carbocycles. The molecule has 1 aromatic rings. The number of carbonyl (C=O) groups is 1. The normalized spacial score (nSPS) is 18.3. The van der Waals surface area contributed by atoms with Crippen molar-refractivity contribution in [2.45, 2.75) is 91.6 Å². The number of allylic oxidation sites excluding steroid dienone is 5. The summed E-state index contributed by atoms with van der Waals surface area (Å²) in [7, 11) is 0. The van der Waals surface area contributed by atoms with Crippen molar-refractivity contribution in [1.82, 2.24) is 0 Å². The number of ether oxygens (including phenoxy) is 1. The van der Waals surface area contributed by atoms with Crippen molar-refractivity contribution < 1.29 is 24.9 Å². The molecule has 0 amide bonds. The van der Waals surface area contributed by atoms with Crippen LogP contribution in [0.4, 0.5) is 0 Å². The van der Waals surface area contributed by atoms with Crippen LogP contribution in [0.5, 0.6) is 11.5 Å². The number of aldehydes is 1. The minimum absolute atomic E-state index is 0.0809. The zero-order valence-corrected chi connectivity index (χ0v) is 21.5. The highest BCUT2D eigenvalue weighted by molar-refractivity contribution is 5.84. The number of phenols is 1. The standard InChI is InChI=1S/C29H42O5/c1-20(11-7-13-24(17-30)18-31)9-6-10-21(2)12-8-15-29(5)16-14-25-22(3)27(33)26(19-32)23(4)28(25)34-29/h9,12-13,19,30-31,33H,6-8,10-11,14-18H2,1-5H3/b20-9+,21-12+/t29-/m1/s1. The number of benzene rings is 1. The first-order valence-electron chi connectivity index (χ1n) is 12.4. The molecule has 0 fully saturated rings. The van der Waals surface area contributed by atoms with Crippen LogP contribution in [0.2, 0.25) is 0 Å². The van der Waals surface area contributed by atoms with Crippen LogP contribution in [0, 0.1) is 13.8 Å². The lowest BCUT2D eigenvalue weighted by atomic mass is 9.85. The second-order valence-electron chi connectivity index (χ2n) is 9.89.